The highest BCUT2D eigenvalue weighted by Crippen LogP contribution is 2.32. The molecule has 0 saturated carbocycles. The smallest absolute Gasteiger partial charge is 0.223 e. The molecule has 3 heterocycles. The third-order valence-corrected chi connectivity index (χ3v) is 6.16. The summed E-state index contributed by atoms with van der Waals surface area (Å²) in [5, 5.41) is 0. The molecule has 0 aliphatic carbocycles. The number of rotatable bonds is 6. The number of hydrogen-bond donors (Lipinski definition) is 0. The molecule has 158 valence electrons. The number of amides is 1. The van der Waals surface area contributed by atoms with Crippen LogP contribution < -0.4 is 4.74 Å². The van der Waals surface area contributed by atoms with E-state index < -0.39 is 0 Å². The molecular weight excluding hydrogens is 376 g/mol. The summed E-state index contributed by atoms with van der Waals surface area (Å²) in [6, 6.07) is 12.1. The number of pyridine rings is 1. The molecule has 6 heteroatoms. The highest BCUT2D eigenvalue weighted by atomic mass is 16.5. The summed E-state index contributed by atoms with van der Waals surface area (Å²) in [6.45, 7) is 8.75. The molecule has 1 amide bonds. The van der Waals surface area contributed by atoms with E-state index in [1.54, 1.807) is 7.11 Å². The van der Waals surface area contributed by atoms with Crippen molar-refractivity contribution in [3.05, 3.63) is 65.6 Å². The van der Waals surface area contributed by atoms with Crippen molar-refractivity contribution in [2.45, 2.75) is 26.2 Å². The Labute approximate surface area is 178 Å². The van der Waals surface area contributed by atoms with Crippen LogP contribution in [0.4, 0.5) is 0 Å². The minimum Gasteiger partial charge on any atom is -0.497 e. The van der Waals surface area contributed by atoms with Gasteiger partial charge in [-0.15, -0.1) is 0 Å². The van der Waals surface area contributed by atoms with Gasteiger partial charge in [0.1, 0.15) is 11.4 Å². The third kappa shape index (κ3) is 4.05. The first-order valence-corrected chi connectivity index (χ1v) is 10.7. The van der Waals surface area contributed by atoms with Gasteiger partial charge in [-0.2, -0.15) is 0 Å². The number of benzene rings is 1. The Bertz CT molecular complexity index is 1020. The summed E-state index contributed by atoms with van der Waals surface area (Å²) >= 11 is 0. The lowest BCUT2D eigenvalue weighted by Gasteiger charge is -2.34. The number of aryl methyl sites for hydroxylation is 1. The molecular formula is C24H30N4O2. The van der Waals surface area contributed by atoms with E-state index in [1.807, 2.05) is 41.6 Å². The number of ether oxygens (including phenoxy) is 1. The average molecular weight is 407 g/mol. The van der Waals surface area contributed by atoms with Gasteiger partial charge < -0.3 is 18.9 Å². The van der Waals surface area contributed by atoms with Crippen molar-refractivity contribution in [3.63, 3.8) is 0 Å². The van der Waals surface area contributed by atoms with Gasteiger partial charge >= 0.3 is 0 Å². The van der Waals surface area contributed by atoms with Gasteiger partial charge in [0.15, 0.2) is 0 Å². The van der Waals surface area contributed by atoms with E-state index >= 15 is 0 Å². The first-order chi connectivity index (χ1) is 14.6. The minimum absolute atomic E-state index is 0.0893. The molecule has 1 saturated heterocycles. The predicted molar refractivity (Wildman–Crippen MR) is 118 cm³/mol. The van der Waals surface area contributed by atoms with Crippen LogP contribution in [0.15, 0.2) is 48.8 Å². The molecule has 1 aliphatic rings. The normalized spacial score (nSPS) is 16.0. The Morgan fingerprint density at radius 1 is 1.17 bits per heavy atom. The van der Waals surface area contributed by atoms with Gasteiger partial charge in [-0.05, 0) is 42.8 Å². The van der Waals surface area contributed by atoms with Gasteiger partial charge in [0.05, 0.1) is 12.8 Å². The monoisotopic (exact) mass is 406 g/mol. The molecule has 0 unspecified atom stereocenters. The van der Waals surface area contributed by atoms with E-state index in [1.165, 1.54) is 0 Å². The van der Waals surface area contributed by atoms with Crippen LogP contribution in [0.5, 0.6) is 5.75 Å². The number of aromatic nitrogens is 2. The Morgan fingerprint density at radius 3 is 2.70 bits per heavy atom. The van der Waals surface area contributed by atoms with Crippen molar-refractivity contribution in [2.24, 2.45) is 0 Å². The molecule has 30 heavy (non-hydrogen) atoms. The Balaban J connectivity index is 1.67. The van der Waals surface area contributed by atoms with Crippen LogP contribution in [-0.4, -0.2) is 64.9 Å². The van der Waals surface area contributed by atoms with Crippen molar-refractivity contribution in [1.29, 1.82) is 0 Å². The number of fused-ring (bicyclic) bond motifs is 1. The Kier molecular flexibility index (Phi) is 6.04. The number of likely N-dealkylation sites (N-methyl/N-ethyl adjacent to an activating group) is 1. The molecule has 1 aromatic carbocycles. The van der Waals surface area contributed by atoms with E-state index in [0.717, 1.165) is 60.9 Å². The van der Waals surface area contributed by atoms with Crippen molar-refractivity contribution in [1.82, 2.24) is 19.2 Å². The zero-order valence-corrected chi connectivity index (χ0v) is 18.0. The number of methoxy groups -OCH3 is 1. The average Bonchev–Trinajstić information content (AvgIpc) is 3.22. The van der Waals surface area contributed by atoms with Crippen molar-refractivity contribution in [3.8, 4) is 5.75 Å². The van der Waals surface area contributed by atoms with Crippen molar-refractivity contribution in [2.75, 3.05) is 39.8 Å². The Hall–Kier alpha value is -2.86. The SMILES string of the molecule is CCN1CCN(C(=O)C[C@@H](c2cccc(OC)c2)c2cnc3c(C)cccn23)CC1. The molecule has 0 radical (unpaired) electrons. The summed E-state index contributed by atoms with van der Waals surface area (Å²) < 4.78 is 7.56. The van der Waals surface area contributed by atoms with Crippen LogP contribution in [0, 0.1) is 6.92 Å². The van der Waals surface area contributed by atoms with Crippen LogP contribution in [-0.2, 0) is 4.79 Å². The number of imidazole rings is 1. The number of hydrogen-bond acceptors (Lipinski definition) is 4. The van der Waals surface area contributed by atoms with Gasteiger partial charge in [0.25, 0.3) is 0 Å². The zero-order chi connectivity index (χ0) is 21.1. The molecule has 3 aromatic rings. The molecule has 0 N–H and O–H groups in total. The fourth-order valence-corrected chi connectivity index (χ4v) is 4.30. The topological polar surface area (TPSA) is 50.1 Å². The minimum atomic E-state index is -0.0893. The van der Waals surface area contributed by atoms with E-state index in [2.05, 4.69) is 40.3 Å². The second kappa shape index (κ2) is 8.88. The number of nitrogens with zero attached hydrogens (tertiary/aromatic N) is 4. The van der Waals surface area contributed by atoms with Crippen LogP contribution in [0.3, 0.4) is 0 Å². The van der Waals surface area contributed by atoms with Gasteiger partial charge in [-0.25, -0.2) is 4.98 Å². The van der Waals surface area contributed by atoms with Crippen LogP contribution in [0.1, 0.15) is 36.1 Å². The van der Waals surface area contributed by atoms with Gasteiger partial charge in [0, 0.05) is 50.9 Å². The molecule has 2 aromatic heterocycles. The van der Waals surface area contributed by atoms with Crippen molar-refractivity contribution >= 4 is 11.6 Å². The van der Waals surface area contributed by atoms with Crippen LogP contribution in [0.2, 0.25) is 0 Å². The summed E-state index contributed by atoms with van der Waals surface area (Å²) in [6.07, 6.45) is 4.36. The maximum absolute atomic E-state index is 13.3. The number of carbonyl (C=O) groups excluding carboxylic acids is 1. The summed E-state index contributed by atoms with van der Waals surface area (Å²) in [5.74, 6) is 0.904. The van der Waals surface area contributed by atoms with Crippen molar-refractivity contribution < 1.29 is 9.53 Å². The van der Waals surface area contributed by atoms with E-state index in [0.29, 0.717) is 6.42 Å². The fourth-order valence-electron chi connectivity index (χ4n) is 4.30. The van der Waals surface area contributed by atoms with E-state index in [9.17, 15) is 4.79 Å². The molecule has 1 fully saturated rings. The van der Waals surface area contributed by atoms with Crippen LogP contribution in [0.25, 0.3) is 5.65 Å². The standard InChI is InChI=1S/C24H30N4O2/c1-4-26-11-13-27(14-12-26)23(29)16-21(19-8-5-9-20(15-19)30-3)22-17-25-24-18(2)7-6-10-28(22)24/h5-10,15,17,21H,4,11-14,16H2,1-3H3/t21-/m0/s1. The lowest BCUT2D eigenvalue weighted by atomic mass is 9.91. The third-order valence-electron chi connectivity index (χ3n) is 6.16. The summed E-state index contributed by atoms with van der Waals surface area (Å²) in [4.78, 5) is 22.3. The second-order valence-corrected chi connectivity index (χ2v) is 7.92. The van der Waals surface area contributed by atoms with E-state index in [4.69, 9.17) is 4.74 Å². The molecule has 4 rings (SSSR count). The quantitative estimate of drug-likeness (QED) is 0.630. The predicted octanol–water partition coefficient (Wildman–Crippen LogP) is 3.34. The Morgan fingerprint density at radius 2 is 1.97 bits per heavy atom. The molecule has 0 spiro atoms. The lowest BCUT2D eigenvalue weighted by molar-refractivity contribution is -0.133. The lowest BCUT2D eigenvalue weighted by Crippen LogP contribution is -2.48. The molecule has 1 aliphatic heterocycles. The van der Waals surface area contributed by atoms with E-state index in [-0.39, 0.29) is 11.8 Å². The van der Waals surface area contributed by atoms with Gasteiger partial charge in [-0.1, -0.05) is 25.1 Å². The number of piperazine rings is 1. The van der Waals surface area contributed by atoms with Gasteiger partial charge in [0.2, 0.25) is 5.91 Å². The first-order valence-electron chi connectivity index (χ1n) is 10.7. The second-order valence-electron chi connectivity index (χ2n) is 7.92. The maximum atomic E-state index is 13.3. The number of carbonyl (C=O) groups is 1. The van der Waals surface area contributed by atoms with Gasteiger partial charge in [-0.3, -0.25) is 4.79 Å². The molecule has 1 atom stereocenters. The molecule has 6 nitrogen and oxygen atoms in total. The largest absolute Gasteiger partial charge is 0.497 e. The maximum Gasteiger partial charge on any atom is 0.223 e. The highest BCUT2D eigenvalue weighted by Gasteiger charge is 2.27. The fraction of sp³-hybridized carbons (Fsp3) is 0.417. The molecule has 0 bridgehead atoms. The highest BCUT2D eigenvalue weighted by molar-refractivity contribution is 5.78. The first kappa shape index (κ1) is 20.4. The zero-order valence-electron chi connectivity index (χ0n) is 18.0. The summed E-state index contributed by atoms with van der Waals surface area (Å²) in [5.41, 5.74) is 4.15. The summed E-state index contributed by atoms with van der Waals surface area (Å²) in [7, 11) is 1.67. The van der Waals surface area contributed by atoms with Crippen LogP contribution >= 0.6 is 0 Å².